The number of benzene rings is 2. The van der Waals surface area contributed by atoms with E-state index in [0.29, 0.717) is 0 Å². The molecule has 0 atom stereocenters. The number of alkyl halides is 3. The van der Waals surface area contributed by atoms with Gasteiger partial charge in [-0.2, -0.15) is 13.2 Å². The molecule has 122 valence electrons. The molecule has 3 nitrogen and oxygen atoms in total. The van der Waals surface area contributed by atoms with Gasteiger partial charge in [0, 0.05) is 5.56 Å². The van der Waals surface area contributed by atoms with Crippen molar-refractivity contribution in [2.75, 3.05) is 13.7 Å². The quantitative estimate of drug-likeness (QED) is 0.774. The predicted molar refractivity (Wildman–Crippen MR) is 79.4 cm³/mol. The largest absolute Gasteiger partial charge is 0.493 e. The lowest BCUT2D eigenvalue weighted by molar-refractivity contribution is -0.137. The van der Waals surface area contributed by atoms with E-state index < -0.39 is 17.7 Å². The molecule has 0 fully saturated rings. The summed E-state index contributed by atoms with van der Waals surface area (Å²) in [6.07, 6.45) is -4.49. The SMILES string of the molecule is CCOc1cc(C(=O)OC)ccc1-c1ccccc1C(F)(F)F. The second kappa shape index (κ2) is 6.73. The van der Waals surface area contributed by atoms with Crippen LogP contribution in [0.4, 0.5) is 13.2 Å². The monoisotopic (exact) mass is 324 g/mol. The van der Waals surface area contributed by atoms with Crippen molar-refractivity contribution in [2.45, 2.75) is 13.1 Å². The highest BCUT2D eigenvalue weighted by Gasteiger charge is 2.34. The number of methoxy groups -OCH3 is 1. The van der Waals surface area contributed by atoms with Gasteiger partial charge >= 0.3 is 12.1 Å². The van der Waals surface area contributed by atoms with E-state index in [2.05, 4.69) is 4.74 Å². The molecule has 0 aliphatic carbocycles. The lowest BCUT2D eigenvalue weighted by atomic mass is 9.97. The highest BCUT2D eigenvalue weighted by molar-refractivity contribution is 5.91. The van der Waals surface area contributed by atoms with E-state index in [1.807, 2.05) is 0 Å². The van der Waals surface area contributed by atoms with Crippen molar-refractivity contribution in [3.05, 3.63) is 53.6 Å². The average Bonchev–Trinajstić information content (AvgIpc) is 2.53. The highest BCUT2D eigenvalue weighted by atomic mass is 19.4. The number of esters is 1. The summed E-state index contributed by atoms with van der Waals surface area (Å²) in [5, 5.41) is 0. The zero-order valence-electron chi connectivity index (χ0n) is 12.6. The first-order chi connectivity index (χ1) is 10.9. The summed E-state index contributed by atoms with van der Waals surface area (Å²) >= 11 is 0. The number of halogens is 3. The maximum absolute atomic E-state index is 13.2. The minimum Gasteiger partial charge on any atom is -0.493 e. The fourth-order valence-electron chi connectivity index (χ4n) is 2.23. The van der Waals surface area contributed by atoms with Crippen molar-refractivity contribution >= 4 is 5.97 Å². The molecule has 0 spiro atoms. The summed E-state index contributed by atoms with van der Waals surface area (Å²) in [6.45, 7) is 1.97. The number of ether oxygens (including phenoxy) is 2. The molecule has 6 heteroatoms. The zero-order valence-corrected chi connectivity index (χ0v) is 12.6. The minimum absolute atomic E-state index is 0.000124. The van der Waals surface area contributed by atoms with Crippen LogP contribution in [0.2, 0.25) is 0 Å². The van der Waals surface area contributed by atoms with E-state index >= 15 is 0 Å². The van der Waals surface area contributed by atoms with Crippen molar-refractivity contribution in [1.82, 2.24) is 0 Å². The lowest BCUT2D eigenvalue weighted by Crippen LogP contribution is -2.08. The van der Waals surface area contributed by atoms with E-state index in [4.69, 9.17) is 4.74 Å². The Morgan fingerprint density at radius 2 is 1.78 bits per heavy atom. The third-order valence-corrected chi connectivity index (χ3v) is 3.23. The molecule has 0 aliphatic rings. The van der Waals surface area contributed by atoms with Gasteiger partial charge in [-0.1, -0.05) is 18.2 Å². The summed E-state index contributed by atoms with van der Waals surface area (Å²) in [4.78, 5) is 11.6. The highest BCUT2D eigenvalue weighted by Crippen LogP contribution is 2.40. The minimum atomic E-state index is -4.49. The van der Waals surface area contributed by atoms with Crippen LogP contribution in [0.5, 0.6) is 5.75 Å². The fraction of sp³-hybridized carbons (Fsp3) is 0.235. The van der Waals surface area contributed by atoms with Gasteiger partial charge in [0.2, 0.25) is 0 Å². The number of hydrogen-bond donors (Lipinski definition) is 0. The van der Waals surface area contributed by atoms with Gasteiger partial charge in [-0.3, -0.25) is 0 Å². The standard InChI is InChI=1S/C17H15F3O3/c1-3-23-15-10-11(16(21)22-2)8-9-13(15)12-6-4-5-7-14(12)17(18,19)20/h4-10H,3H2,1-2H3. The van der Waals surface area contributed by atoms with Crippen molar-refractivity contribution in [2.24, 2.45) is 0 Å². The van der Waals surface area contributed by atoms with Crippen LogP contribution in [0.15, 0.2) is 42.5 Å². The average molecular weight is 324 g/mol. The van der Waals surface area contributed by atoms with E-state index in [1.165, 1.54) is 43.5 Å². The summed E-state index contributed by atoms with van der Waals surface area (Å²) in [7, 11) is 1.23. The van der Waals surface area contributed by atoms with E-state index in [1.54, 1.807) is 6.92 Å². The van der Waals surface area contributed by atoms with Gasteiger partial charge in [-0.05, 0) is 36.8 Å². The van der Waals surface area contributed by atoms with Crippen LogP contribution >= 0.6 is 0 Å². The van der Waals surface area contributed by atoms with Crippen molar-refractivity contribution in [1.29, 1.82) is 0 Å². The van der Waals surface area contributed by atoms with Crippen molar-refractivity contribution < 1.29 is 27.4 Å². The van der Waals surface area contributed by atoms with Crippen LogP contribution in [0.3, 0.4) is 0 Å². The van der Waals surface area contributed by atoms with E-state index in [9.17, 15) is 18.0 Å². The molecule has 0 saturated carbocycles. The Balaban J connectivity index is 2.62. The number of carbonyl (C=O) groups excluding carboxylic acids is 1. The van der Waals surface area contributed by atoms with Crippen LogP contribution in [-0.2, 0) is 10.9 Å². The van der Waals surface area contributed by atoms with Crippen LogP contribution in [0.25, 0.3) is 11.1 Å². The number of carbonyl (C=O) groups is 1. The summed E-state index contributed by atoms with van der Waals surface area (Å²) < 4.78 is 49.6. The first-order valence-electron chi connectivity index (χ1n) is 6.90. The molecular weight excluding hydrogens is 309 g/mol. The number of rotatable bonds is 4. The second-order valence-electron chi connectivity index (χ2n) is 4.68. The lowest BCUT2D eigenvalue weighted by Gasteiger charge is -2.16. The molecule has 0 heterocycles. The van der Waals surface area contributed by atoms with Crippen molar-refractivity contribution in [3.8, 4) is 16.9 Å². The van der Waals surface area contributed by atoms with Crippen LogP contribution in [0.1, 0.15) is 22.8 Å². The molecule has 2 aromatic carbocycles. The van der Waals surface area contributed by atoms with Gasteiger partial charge in [-0.25, -0.2) is 4.79 Å². The molecule has 0 amide bonds. The van der Waals surface area contributed by atoms with E-state index in [-0.39, 0.29) is 29.0 Å². The molecule has 0 aromatic heterocycles. The number of hydrogen-bond acceptors (Lipinski definition) is 3. The molecule has 0 saturated heterocycles. The Hall–Kier alpha value is -2.50. The topological polar surface area (TPSA) is 35.5 Å². The van der Waals surface area contributed by atoms with Gasteiger partial charge in [0.25, 0.3) is 0 Å². The van der Waals surface area contributed by atoms with Gasteiger partial charge in [0.15, 0.2) is 0 Å². The molecule has 2 rings (SSSR count). The predicted octanol–water partition coefficient (Wildman–Crippen LogP) is 4.56. The molecule has 23 heavy (non-hydrogen) atoms. The maximum atomic E-state index is 13.2. The third kappa shape index (κ3) is 3.64. The molecule has 2 aromatic rings. The van der Waals surface area contributed by atoms with Crippen LogP contribution in [0, 0.1) is 0 Å². The zero-order chi connectivity index (χ0) is 17.0. The van der Waals surface area contributed by atoms with Gasteiger partial charge in [0.1, 0.15) is 5.75 Å². The molecule has 0 N–H and O–H groups in total. The van der Waals surface area contributed by atoms with Crippen LogP contribution in [-0.4, -0.2) is 19.7 Å². The van der Waals surface area contributed by atoms with Gasteiger partial charge < -0.3 is 9.47 Å². The van der Waals surface area contributed by atoms with Crippen molar-refractivity contribution in [3.63, 3.8) is 0 Å². The van der Waals surface area contributed by atoms with Gasteiger partial charge in [0.05, 0.1) is 24.8 Å². The Kier molecular flexibility index (Phi) is 4.93. The first kappa shape index (κ1) is 16.9. The summed E-state index contributed by atoms with van der Waals surface area (Å²) in [5.74, 6) is -0.381. The summed E-state index contributed by atoms with van der Waals surface area (Å²) in [6, 6.07) is 9.47. The third-order valence-electron chi connectivity index (χ3n) is 3.23. The smallest absolute Gasteiger partial charge is 0.417 e. The maximum Gasteiger partial charge on any atom is 0.417 e. The van der Waals surface area contributed by atoms with Crippen LogP contribution < -0.4 is 4.74 Å². The fourth-order valence-corrected chi connectivity index (χ4v) is 2.23. The molecule has 0 radical (unpaired) electrons. The molecule has 0 unspecified atom stereocenters. The molecular formula is C17H15F3O3. The Morgan fingerprint density at radius 1 is 1.09 bits per heavy atom. The van der Waals surface area contributed by atoms with Gasteiger partial charge in [-0.15, -0.1) is 0 Å². The molecule has 0 aliphatic heterocycles. The molecule has 0 bridgehead atoms. The van der Waals surface area contributed by atoms with E-state index in [0.717, 1.165) is 6.07 Å². The Bertz CT molecular complexity index is 708. The Labute approximate surface area is 131 Å². The second-order valence-corrected chi connectivity index (χ2v) is 4.68. The summed E-state index contributed by atoms with van der Waals surface area (Å²) in [5.41, 5.74) is -0.275. The first-order valence-corrected chi connectivity index (χ1v) is 6.90. The Morgan fingerprint density at radius 3 is 2.39 bits per heavy atom. The normalized spacial score (nSPS) is 11.2.